The number of carboxylic acids is 1. The molecule has 1 amide bonds. The number of hydrogen-bond donors (Lipinski definition) is 3. The highest BCUT2D eigenvalue weighted by Gasteiger charge is 2.14. The number of nitrogens with zero attached hydrogens (tertiary/aromatic N) is 1. The molecule has 94 valence electrons. The van der Waals surface area contributed by atoms with Crippen LogP contribution in [0.25, 0.3) is 0 Å². The van der Waals surface area contributed by atoms with Gasteiger partial charge in [0, 0.05) is 6.67 Å². The van der Waals surface area contributed by atoms with E-state index in [9.17, 15) is 9.59 Å². The first-order valence-corrected chi connectivity index (χ1v) is 5.99. The molecule has 0 aliphatic carbocycles. The zero-order chi connectivity index (χ0) is 12.8. The van der Waals surface area contributed by atoms with Gasteiger partial charge in [0.05, 0.1) is 12.2 Å². The number of likely N-dealkylation sites (N-methyl/N-ethyl adjacent to an activating group) is 1. The molecule has 7 heteroatoms. The molecule has 0 atom stereocenters. The van der Waals surface area contributed by atoms with Crippen LogP contribution in [0.1, 0.15) is 16.6 Å². The molecule has 0 aliphatic rings. The summed E-state index contributed by atoms with van der Waals surface area (Å²) in [5, 5.41) is 13.1. The van der Waals surface area contributed by atoms with Crippen LogP contribution in [0.15, 0.2) is 11.4 Å². The lowest BCUT2D eigenvalue weighted by Gasteiger charge is -2.16. The molecule has 0 fully saturated rings. The molecule has 0 aliphatic heterocycles. The minimum atomic E-state index is -1.04. The predicted octanol–water partition coefficient (Wildman–Crippen LogP) is 0.623. The third-order valence-corrected chi connectivity index (χ3v) is 3.11. The van der Waals surface area contributed by atoms with E-state index in [1.165, 1.54) is 0 Å². The Bertz CT molecular complexity index is 401. The van der Waals surface area contributed by atoms with Gasteiger partial charge < -0.3 is 16.2 Å². The zero-order valence-electron chi connectivity index (χ0n) is 9.47. The summed E-state index contributed by atoms with van der Waals surface area (Å²) >= 11 is 1.08. The maximum atomic E-state index is 11.6. The molecule has 0 spiro atoms. The number of amides is 1. The van der Waals surface area contributed by atoms with Gasteiger partial charge in [-0.25, -0.2) is 4.79 Å². The topological polar surface area (TPSA) is 95.7 Å². The van der Waals surface area contributed by atoms with Gasteiger partial charge in [0.25, 0.3) is 0 Å². The van der Waals surface area contributed by atoms with E-state index in [0.717, 1.165) is 11.3 Å². The molecule has 0 saturated carbocycles. The molecule has 0 radical (unpaired) electrons. The molecule has 1 aromatic heterocycles. The normalized spacial score (nSPS) is 10.5. The third-order valence-electron chi connectivity index (χ3n) is 2.21. The number of hydrogen-bond acceptors (Lipinski definition) is 5. The van der Waals surface area contributed by atoms with Gasteiger partial charge >= 0.3 is 5.97 Å². The van der Waals surface area contributed by atoms with Crippen molar-refractivity contribution < 1.29 is 14.7 Å². The van der Waals surface area contributed by atoms with Crippen LogP contribution in [-0.4, -0.2) is 41.6 Å². The Hall–Kier alpha value is -1.44. The van der Waals surface area contributed by atoms with Crippen LogP contribution >= 0.6 is 11.3 Å². The monoisotopic (exact) mass is 257 g/mol. The maximum absolute atomic E-state index is 11.6. The van der Waals surface area contributed by atoms with E-state index >= 15 is 0 Å². The van der Waals surface area contributed by atoms with Crippen molar-refractivity contribution in [3.05, 3.63) is 16.3 Å². The summed E-state index contributed by atoms with van der Waals surface area (Å²) in [5.74, 6) is -1.31. The zero-order valence-corrected chi connectivity index (χ0v) is 10.3. The van der Waals surface area contributed by atoms with Crippen molar-refractivity contribution in [2.24, 2.45) is 5.73 Å². The van der Waals surface area contributed by atoms with E-state index < -0.39 is 5.97 Å². The molecule has 4 N–H and O–H groups in total. The van der Waals surface area contributed by atoms with Crippen molar-refractivity contribution in [1.82, 2.24) is 4.90 Å². The molecule has 0 unspecified atom stereocenters. The minimum absolute atomic E-state index is 0.133. The lowest BCUT2D eigenvalue weighted by Crippen LogP contribution is -2.37. The van der Waals surface area contributed by atoms with Crippen molar-refractivity contribution in [2.45, 2.75) is 6.92 Å². The number of carbonyl (C=O) groups is 2. The Morgan fingerprint density at radius 1 is 1.59 bits per heavy atom. The first kappa shape index (κ1) is 13.6. The number of rotatable bonds is 6. The number of anilines is 1. The van der Waals surface area contributed by atoms with Crippen molar-refractivity contribution in [3.8, 4) is 0 Å². The lowest BCUT2D eigenvalue weighted by molar-refractivity contribution is -0.117. The van der Waals surface area contributed by atoms with Crippen LogP contribution in [0.5, 0.6) is 0 Å². The average Bonchev–Trinajstić information content (AvgIpc) is 2.74. The van der Waals surface area contributed by atoms with Gasteiger partial charge in [-0.15, -0.1) is 11.3 Å². The summed E-state index contributed by atoms with van der Waals surface area (Å²) in [6, 6.07) is 1.57. The number of aromatic carboxylic acids is 1. The Kier molecular flexibility index (Phi) is 5.08. The molecule has 0 aromatic carbocycles. The van der Waals surface area contributed by atoms with E-state index in [1.54, 1.807) is 16.3 Å². The van der Waals surface area contributed by atoms with Crippen molar-refractivity contribution in [1.29, 1.82) is 0 Å². The standard InChI is InChI=1S/C10H15N3O3S/c1-2-13(6-11)5-8(14)12-7-3-4-17-9(7)10(15)16/h3-4H,2,5-6,11H2,1H3,(H,12,14)(H,15,16). The van der Waals surface area contributed by atoms with E-state index in [1.807, 2.05) is 6.92 Å². The number of carbonyl (C=O) groups excluding carboxylic acids is 1. The summed E-state index contributed by atoms with van der Waals surface area (Å²) in [4.78, 5) is 24.3. The Morgan fingerprint density at radius 3 is 2.82 bits per heavy atom. The Morgan fingerprint density at radius 2 is 2.29 bits per heavy atom. The summed E-state index contributed by atoms with van der Waals surface area (Å²) in [5.41, 5.74) is 5.77. The van der Waals surface area contributed by atoms with E-state index in [4.69, 9.17) is 10.8 Å². The fourth-order valence-electron chi connectivity index (χ4n) is 1.27. The second-order valence-electron chi connectivity index (χ2n) is 3.34. The van der Waals surface area contributed by atoms with Crippen LogP contribution in [-0.2, 0) is 4.79 Å². The van der Waals surface area contributed by atoms with Crippen LogP contribution < -0.4 is 11.1 Å². The predicted molar refractivity (Wildman–Crippen MR) is 66.2 cm³/mol. The van der Waals surface area contributed by atoms with Gasteiger partial charge in [0.2, 0.25) is 5.91 Å². The smallest absolute Gasteiger partial charge is 0.348 e. The van der Waals surface area contributed by atoms with Crippen LogP contribution in [0.3, 0.4) is 0 Å². The van der Waals surface area contributed by atoms with E-state index in [2.05, 4.69) is 5.32 Å². The van der Waals surface area contributed by atoms with Gasteiger partial charge in [0.1, 0.15) is 4.88 Å². The molecular formula is C10H15N3O3S. The number of carboxylic acid groups (broad SMARTS) is 1. The highest BCUT2D eigenvalue weighted by Crippen LogP contribution is 2.21. The Balaban J connectivity index is 2.62. The summed E-state index contributed by atoms with van der Waals surface area (Å²) in [6.45, 7) is 3.01. The Labute approximate surface area is 103 Å². The van der Waals surface area contributed by atoms with E-state index in [0.29, 0.717) is 18.9 Å². The summed E-state index contributed by atoms with van der Waals surface area (Å²) < 4.78 is 0. The van der Waals surface area contributed by atoms with Crippen molar-refractivity contribution in [2.75, 3.05) is 25.1 Å². The van der Waals surface area contributed by atoms with Crippen molar-refractivity contribution >= 4 is 28.9 Å². The molecule has 1 rings (SSSR count). The van der Waals surface area contributed by atoms with Gasteiger partial charge in [0.15, 0.2) is 0 Å². The SMILES string of the molecule is CCN(CN)CC(=O)Nc1ccsc1C(=O)O. The molecular weight excluding hydrogens is 242 g/mol. The van der Waals surface area contributed by atoms with Gasteiger partial charge in [-0.1, -0.05) is 6.92 Å². The summed E-state index contributed by atoms with van der Waals surface area (Å²) in [6.07, 6.45) is 0. The quantitative estimate of drug-likeness (QED) is 0.649. The minimum Gasteiger partial charge on any atom is -0.477 e. The van der Waals surface area contributed by atoms with Gasteiger partial charge in [-0.3, -0.25) is 9.69 Å². The molecule has 6 nitrogen and oxygen atoms in total. The molecule has 1 aromatic rings. The van der Waals surface area contributed by atoms with Crippen LogP contribution in [0.4, 0.5) is 5.69 Å². The largest absolute Gasteiger partial charge is 0.477 e. The van der Waals surface area contributed by atoms with Gasteiger partial charge in [-0.2, -0.15) is 0 Å². The highest BCUT2D eigenvalue weighted by atomic mass is 32.1. The molecule has 17 heavy (non-hydrogen) atoms. The molecule has 1 heterocycles. The van der Waals surface area contributed by atoms with E-state index in [-0.39, 0.29) is 17.3 Å². The van der Waals surface area contributed by atoms with Crippen LogP contribution in [0.2, 0.25) is 0 Å². The second-order valence-corrected chi connectivity index (χ2v) is 4.26. The number of nitrogens with one attached hydrogen (secondary N) is 1. The first-order chi connectivity index (χ1) is 8.08. The fraction of sp³-hybridized carbons (Fsp3) is 0.400. The second kappa shape index (κ2) is 6.33. The maximum Gasteiger partial charge on any atom is 0.348 e. The highest BCUT2D eigenvalue weighted by molar-refractivity contribution is 7.12. The number of nitrogens with two attached hydrogens (primary N) is 1. The first-order valence-electron chi connectivity index (χ1n) is 5.11. The fourth-order valence-corrected chi connectivity index (χ4v) is 1.96. The molecule has 0 bridgehead atoms. The number of thiophene rings is 1. The van der Waals surface area contributed by atoms with Crippen molar-refractivity contribution in [3.63, 3.8) is 0 Å². The lowest BCUT2D eigenvalue weighted by atomic mass is 10.3. The van der Waals surface area contributed by atoms with Crippen LogP contribution in [0, 0.1) is 0 Å². The van der Waals surface area contributed by atoms with Gasteiger partial charge in [-0.05, 0) is 18.0 Å². The molecule has 0 saturated heterocycles. The average molecular weight is 257 g/mol. The summed E-state index contributed by atoms with van der Waals surface area (Å²) in [7, 11) is 0. The third kappa shape index (κ3) is 3.81.